The van der Waals surface area contributed by atoms with Crippen molar-refractivity contribution in [2.75, 3.05) is 13.1 Å². The maximum absolute atomic E-state index is 12.9. The van der Waals surface area contributed by atoms with Crippen LogP contribution in [0.2, 0.25) is 0 Å². The smallest absolute Gasteiger partial charge is 0.317 e. The zero-order chi connectivity index (χ0) is 17.4. The van der Waals surface area contributed by atoms with Gasteiger partial charge in [0.1, 0.15) is 11.6 Å². The first-order valence-corrected chi connectivity index (χ1v) is 8.32. The molecule has 3 aromatic rings. The van der Waals surface area contributed by atoms with Crippen LogP contribution in [0.5, 0.6) is 0 Å². The molecule has 0 aliphatic carbocycles. The maximum Gasteiger partial charge on any atom is 0.317 e. The van der Waals surface area contributed by atoms with Crippen LogP contribution < -0.4 is 5.32 Å². The zero-order valence-corrected chi connectivity index (χ0v) is 13.9. The number of halogens is 1. The second-order valence-corrected chi connectivity index (χ2v) is 6.53. The molecule has 25 heavy (non-hydrogen) atoms. The number of aryl methyl sites for hydroxylation is 1. The number of benzene rings is 2. The first kappa shape index (κ1) is 15.6. The minimum absolute atomic E-state index is 0.104. The fourth-order valence-corrected chi connectivity index (χ4v) is 3.05. The van der Waals surface area contributed by atoms with Gasteiger partial charge in [0.2, 0.25) is 0 Å². The van der Waals surface area contributed by atoms with E-state index in [0.717, 1.165) is 22.4 Å². The number of likely N-dealkylation sites (tertiary alicyclic amines) is 1. The van der Waals surface area contributed by atoms with Crippen molar-refractivity contribution < 1.29 is 9.18 Å². The summed E-state index contributed by atoms with van der Waals surface area (Å²) in [5.41, 5.74) is 4.06. The van der Waals surface area contributed by atoms with Crippen LogP contribution in [0.4, 0.5) is 9.18 Å². The summed E-state index contributed by atoms with van der Waals surface area (Å²) in [6.07, 6.45) is 0. The fourth-order valence-electron chi connectivity index (χ4n) is 3.05. The van der Waals surface area contributed by atoms with Crippen LogP contribution in [0.3, 0.4) is 0 Å². The predicted molar refractivity (Wildman–Crippen MR) is 93.8 cm³/mol. The van der Waals surface area contributed by atoms with Gasteiger partial charge in [-0.1, -0.05) is 18.2 Å². The molecule has 0 radical (unpaired) electrons. The molecule has 0 bridgehead atoms. The minimum atomic E-state index is -0.276. The number of fused-ring (bicyclic) bond motifs is 1. The molecule has 1 aliphatic heterocycles. The zero-order valence-electron chi connectivity index (χ0n) is 13.9. The molecule has 2 amide bonds. The highest BCUT2D eigenvalue weighted by atomic mass is 19.1. The molecule has 4 rings (SSSR count). The number of rotatable bonds is 3. The summed E-state index contributed by atoms with van der Waals surface area (Å²) in [5, 5.41) is 2.86. The van der Waals surface area contributed by atoms with Crippen LogP contribution in [0.25, 0.3) is 11.0 Å². The van der Waals surface area contributed by atoms with Gasteiger partial charge in [0.15, 0.2) is 0 Å². The van der Waals surface area contributed by atoms with Crippen LogP contribution in [0.15, 0.2) is 42.5 Å². The highest BCUT2D eigenvalue weighted by molar-refractivity contribution is 5.77. The number of aromatic nitrogens is 2. The predicted octanol–water partition coefficient (Wildman–Crippen LogP) is 3.32. The lowest BCUT2D eigenvalue weighted by Gasteiger charge is -2.38. The van der Waals surface area contributed by atoms with Crippen molar-refractivity contribution in [1.82, 2.24) is 20.2 Å². The molecular formula is C19H19FN4O. The average Bonchev–Trinajstić information content (AvgIpc) is 2.95. The number of aromatic amines is 1. The monoisotopic (exact) mass is 338 g/mol. The van der Waals surface area contributed by atoms with E-state index < -0.39 is 0 Å². The van der Waals surface area contributed by atoms with E-state index in [2.05, 4.69) is 28.3 Å². The van der Waals surface area contributed by atoms with Gasteiger partial charge in [-0.3, -0.25) is 0 Å². The lowest BCUT2D eigenvalue weighted by molar-refractivity contribution is 0.148. The Balaban J connectivity index is 1.32. The van der Waals surface area contributed by atoms with Crippen LogP contribution >= 0.6 is 0 Å². The quantitative estimate of drug-likeness (QED) is 0.769. The normalized spacial score (nSPS) is 14.6. The number of carbonyl (C=O) groups is 1. The average molecular weight is 338 g/mol. The SMILES string of the molecule is Cc1ccc2nc(C3CN(C(=O)NCc4ccc(F)cc4)C3)[nH]c2c1. The van der Waals surface area contributed by atoms with Gasteiger partial charge in [-0.05, 0) is 42.3 Å². The molecule has 0 atom stereocenters. The fraction of sp³-hybridized carbons (Fsp3) is 0.263. The van der Waals surface area contributed by atoms with Gasteiger partial charge in [-0.2, -0.15) is 0 Å². The minimum Gasteiger partial charge on any atom is -0.342 e. The number of urea groups is 1. The summed E-state index contributed by atoms with van der Waals surface area (Å²) >= 11 is 0. The van der Waals surface area contributed by atoms with Crippen LogP contribution in [-0.4, -0.2) is 34.0 Å². The largest absolute Gasteiger partial charge is 0.342 e. The van der Waals surface area contributed by atoms with Crippen molar-refractivity contribution in [1.29, 1.82) is 0 Å². The highest BCUT2D eigenvalue weighted by Crippen LogP contribution is 2.27. The summed E-state index contributed by atoms with van der Waals surface area (Å²) in [6, 6.07) is 12.2. The van der Waals surface area contributed by atoms with E-state index in [1.165, 1.54) is 17.7 Å². The van der Waals surface area contributed by atoms with E-state index in [1.807, 2.05) is 12.1 Å². The Bertz CT molecular complexity index is 913. The van der Waals surface area contributed by atoms with E-state index in [9.17, 15) is 9.18 Å². The van der Waals surface area contributed by atoms with E-state index >= 15 is 0 Å². The highest BCUT2D eigenvalue weighted by Gasteiger charge is 2.33. The lowest BCUT2D eigenvalue weighted by Crippen LogP contribution is -2.52. The van der Waals surface area contributed by atoms with Crippen LogP contribution in [0.1, 0.15) is 22.9 Å². The number of amides is 2. The Morgan fingerprint density at radius 2 is 2.04 bits per heavy atom. The summed E-state index contributed by atoms with van der Waals surface area (Å²) in [5.74, 6) is 0.897. The summed E-state index contributed by atoms with van der Waals surface area (Å²) in [4.78, 5) is 21.9. The lowest BCUT2D eigenvalue weighted by atomic mass is 10.0. The first-order valence-electron chi connectivity index (χ1n) is 8.32. The number of nitrogens with zero attached hydrogens (tertiary/aromatic N) is 2. The molecular weight excluding hydrogens is 319 g/mol. The Labute approximate surface area is 144 Å². The number of carbonyl (C=O) groups excluding carboxylic acids is 1. The standard InChI is InChI=1S/C19H19FN4O/c1-12-2-7-16-17(8-12)23-18(22-16)14-10-24(11-14)19(25)21-9-13-3-5-15(20)6-4-13/h2-8,14H,9-11H2,1H3,(H,21,25)(H,22,23). The van der Waals surface area contributed by atoms with Gasteiger partial charge < -0.3 is 15.2 Å². The molecule has 1 aliphatic rings. The van der Waals surface area contributed by atoms with Crippen molar-refractivity contribution in [2.45, 2.75) is 19.4 Å². The van der Waals surface area contributed by atoms with Gasteiger partial charge in [0, 0.05) is 19.6 Å². The van der Waals surface area contributed by atoms with Crippen molar-refractivity contribution in [3.8, 4) is 0 Å². The van der Waals surface area contributed by atoms with Crippen molar-refractivity contribution in [3.05, 3.63) is 65.2 Å². The Kier molecular flexibility index (Phi) is 3.87. The van der Waals surface area contributed by atoms with Crippen LogP contribution in [0, 0.1) is 12.7 Å². The molecule has 5 nitrogen and oxygen atoms in total. The summed E-state index contributed by atoms with van der Waals surface area (Å²) in [6.45, 7) is 3.74. The molecule has 6 heteroatoms. The Hall–Kier alpha value is -2.89. The van der Waals surface area contributed by atoms with Gasteiger partial charge >= 0.3 is 6.03 Å². The molecule has 1 aromatic heterocycles. The molecule has 2 N–H and O–H groups in total. The number of hydrogen-bond acceptors (Lipinski definition) is 2. The van der Waals surface area contributed by atoms with Gasteiger partial charge in [0.25, 0.3) is 0 Å². The second-order valence-electron chi connectivity index (χ2n) is 6.53. The second kappa shape index (κ2) is 6.20. The molecule has 128 valence electrons. The third kappa shape index (κ3) is 3.20. The molecule has 0 unspecified atom stereocenters. The van der Waals surface area contributed by atoms with Crippen molar-refractivity contribution in [2.24, 2.45) is 0 Å². The summed E-state index contributed by atoms with van der Waals surface area (Å²) in [7, 11) is 0. The van der Waals surface area contributed by atoms with Crippen LogP contribution in [-0.2, 0) is 6.54 Å². The molecule has 2 heterocycles. The van der Waals surface area contributed by atoms with Gasteiger partial charge in [0.05, 0.1) is 17.0 Å². The Morgan fingerprint density at radius 3 is 2.80 bits per heavy atom. The molecule has 0 spiro atoms. The third-order valence-corrected chi connectivity index (χ3v) is 4.57. The number of nitrogens with one attached hydrogen (secondary N) is 2. The van der Waals surface area contributed by atoms with E-state index in [1.54, 1.807) is 17.0 Å². The maximum atomic E-state index is 12.9. The topological polar surface area (TPSA) is 61.0 Å². The number of imidazole rings is 1. The first-order chi connectivity index (χ1) is 12.1. The number of H-pyrrole nitrogens is 1. The van der Waals surface area contributed by atoms with E-state index in [0.29, 0.717) is 19.6 Å². The van der Waals surface area contributed by atoms with E-state index in [4.69, 9.17) is 0 Å². The van der Waals surface area contributed by atoms with Crippen molar-refractivity contribution >= 4 is 17.1 Å². The van der Waals surface area contributed by atoms with Gasteiger partial charge in [-0.15, -0.1) is 0 Å². The third-order valence-electron chi connectivity index (χ3n) is 4.57. The molecule has 1 fully saturated rings. The number of hydrogen-bond donors (Lipinski definition) is 2. The molecule has 2 aromatic carbocycles. The molecule has 1 saturated heterocycles. The summed E-state index contributed by atoms with van der Waals surface area (Å²) < 4.78 is 12.9. The van der Waals surface area contributed by atoms with E-state index in [-0.39, 0.29) is 17.8 Å². The van der Waals surface area contributed by atoms with Crippen molar-refractivity contribution in [3.63, 3.8) is 0 Å². The molecule has 0 saturated carbocycles. The Morgan fingerprint density at radius 1 is 1.28 bits per heavy atom. The van der Waals surface area contributed by atoms with Gasteiger partial charge in [-0.25, -0.2) is 14.2 Å².